The van der Waals surface area contributed by atoms with Gasteiger partial charge in [0.15, 0.2) is 0 Å². The highest BCUT2D eigenvalue weighted by molar-refractivity contribution is 5.83. The van der Waals surface area contributed by atoms with Gasteiger partial charge in [0.05, 0.1) is 17.2 Å². The second-order valence-corrected chi connectivity index (χ2v) is 7.43. The molecule has 1 aliphatic heterocycles. The van der Waals surface area contributed by atoms with E-state index in [1.54, 1.807) is 0 Å². The maximum Gasteiger partial charge on any atom is 0.147 e. The minimum absolute atomic E-state index is 0.948. The molecule has 1 saturated heterocycles. The van der Waals surface area contributed by atoms with E-state index >= 15 is 0 Å². The third-order valence-corrected chi connectivity index (χ3v) is 5.51. The molecule has 2 heterocycles. The van der Waals surface area contributed by atoms with Crippen LogP contribution in [0.25, 0.3) is 33.3 Å². The maximum atomic E-state index is 4.93. The number of anilines is 1. The number of piperidine rings is 1. The minimum atomic E-state index is 0.948. The van der Waals surface area contributed by atoms with E-state index in [1.165, 1.54) is 41.5 Å². The number of benzene rings is 3. The van der Waals surface area contributed by atoms with Crippen LogP contribution in [0.15, 0.2) is 79.0 Å². The Morgan fingerprint density at radius 3 is 2.14 bits per heavy atom. The van der Waals surface area contributed by atoms with Gasteiger partial charge in [-0.1, -0.05) is 54.6 Å². The minimum Gasteiger partial charge on any atom is -0.355 e. The molecule has 3 heteroatoms. The summed E-state index contributed by atoms with van der Waals surface area (Å²) in [5.41, 5.74) is 6.75. The van der Waals surface area contributed by atoms with Gasteiger partial charge in [-0.2, -0.15) is 0 Å². The lowest BCUT2D eigenvalue weighted by Crippen LogP contribution is -2.30. The van der Waals surface area contributed by atoms with Crippen LogP contribution in [0.4, 0.5) is 5.82 Å². The molecule has 3 aromatic carbocycles. The molecular formula is C25H23N3. The van der Waals surface area contributed by atoms with Gasteiger partial charge in [-0.05, 0) is 59.7 Å². The van der Waals surface area contributed by atoms with Crippen LogP contribution in [0.3, 0.4) is 0 Å². The number of fused-ring (bicyclic) bond motifs is 1. The molecule has 0 radical (unpaired) electrons. The van der Waals surface area contributed by atoms with Crippen LogP contribution in [0.5, 0.6) is 0 Å². The summed E-state index contributed by atoms with van der Waals surface area (Å²) in [6, 6.07) is 25.6. The predicted molar refractivity (Wildman–Crippen MR) is 116 cm³/mol. The Labute approximate surface area is 165 Å². The van der Waals surface area contributed by atoms with Gasteiger partial charge in [-0.3, -0.25) is 4.98 Å². The van der Waals surface area contributed by atoms with Gasteiger partial charge in [0, 0.05) is 13.1 Å². The fourth-order valence-electron chi connectivity index (χ4n) is 3.97. The van der Waals surface area contributed by atoms with Gasteiger partial charge in [0.25, 0.3) is 0 Å². The summed E-state index contributed by atoms with van der Waals surface area (Å²) < 4.78 is 0. The molecule has 4 aromatic rings. The zero-order valence-electron chi connectivity index (χ0n) is 15.9. The van der Waals surface area contributed by atoms with Crippen molar-refractivity contribution in [1.29, 1.82) is 0 Å². The van der Waals surface area contributed by atoms with Crippen molar-refractivity contribution in [3.8, 4) is 22.3 Å². The molecule has 0 unspecified atom stereocenters. The normalized spacial score (nSPS) is 14.4. The number of rotatable bonds is 3. The van der Waals surface area contributed by atoms with Gasteiger partial charge in [0.2, 0.25) is 0 Å². The van der Waals surface area contributed by atoms with Crippen LogP contribution in [0.2, 0.25) is 0 Å². The first-order valence-electron chi connectivity index (χ1n) is 10.0. The quantitative estimate of drug-likeness (QED) is 0.449. The third-order valence-electron chi connectivity index (χ3n) is 5.51. The summed E-state index contributed by atoms with van der Waals surface area (Å²) >= 11 is 0. The summed E-state index contributed by atoms with van der Waals surface area (Å²) in [5.74, 6) is 1.00. The summed E-state index contributed by atoms with van der Waals surface area (Å²) in [6.45, 7) is 2.16. The summed E-state index contributed by atoms with van der Waals surface area (Å²) in [7, 11) is 0. The van der Waals surface area contributed by atoms with Crippen molar-refractivity contribution in [2.75, 3.05) is 18.0 Å². The zero-order chi connectivity index (χ0) is 18.8. The molecule has 0 saturated carbocycles. The van der Waals surface area contributed by atoms with Gasteiger partial charge >= 0.3 is 0 Å². The van der Waals surface area contributed by atoms with E-state index in [2.05, 4.69) is 82.7 Å². The lowest BCUT2D eigenvalue weighted by atomic mass is 9.99. The predicted octanol–water partition coefficient (Wildman–Crippen LogP) is 5.95. The van der Waals surface area contributed by atoms with Crippen molar-refractivity contribution in [2.45, 2.75) is 19.3 Å². The Bertz CT molecular complexity index is 1100. The Balaban J connectivity index is 1.52. The Hall–Kier alpha value is -3.20. The molecule has 0 spiro atoms. The van der Waals surface area contributed by atoms with E-state index in [9.17, 15) is 0 Å². The van der Waals surface area contributed by atoms with Crippen LogP contribution in [0, 0.1) is 0 Å². The Kier molecular flexibility index (Phi) is 4.50. The molecule has 3 nitrogen and oxygen atoms in total. The van der Waals surface area contributed by atoms with E-state index in [-0.39, 0.29) is 0 Å². The SMILES string of the molecule is c1ccc(-c2cccc(-c3ccc4ncc(N5CCCCC5)nc4c3)c2)cc1. The van der Waals surface area contributed by atoms with Crippen LogP contribution in [-0.4, -0.2) is 23.1 Å². The molecular weight excluding hydrogens is 342 g/mol. The first kappa shape index (κ1) is 16.9. The molecule has 5 rings (SSSR count). The highest BCUT2D eigenvalue weighted by atomic mass is 15.2. The topological polar surface area (TPSA) is 29.0 Å². The number of hydrogen-bond acceptors (Lipinski definition) is 3. The van der Waals surface area contributed by atoms with Crippen molar-refractivity contribution < 1.29 is 0 Å². The zero-order valence-corrected chi connectivity index (χ0v) is 15.9. The molecule has 0 N–H and O–H groups in total. The van der Waals surface area contributed by atoms with E-state index in [1.807, 2.05) is 6.20 Å². The van der Waals surface area contributed by atoms with Crippen molar-refractivity contribution in [3.05, 3.63) is 79.0 Å². The standard InChI is InChI=1S/C25H23N3/c1-3-8-19(9-4-1)20-10-7-11-21(16-20)22-12-13-23-24(17-22)27-25(18-26-23)28-14-5-2-6-15-28/h1,3-4,7-13,16-18H,2,5-6,14-15H2. The lowest BCUT2D eigenvalue weighted by molar-refractivity contribution is 0.573. The Morgan fingerprint density at radius 2 is 1.32 bits per heavy atom. The first-order valence-corrected chi connectivity index (χ1v) is 10.0. The van der Waals surface area contributed by atoms with Crippen molar-refractivity contribution in [2.24, 2.45) is 0 Å². The maximum absolute atomic E-state index is 4.93. The monoisotopic (exact) mass is 365 g/mol. The Morgan fingerprint density at radius 1 is 0.607 bits per heavy atom. The summed E-state index contributed by atoms with van der Waals surface area (Å²) in [5, 5.41) is 0. The first-order chi connectivity index (χ1) is 13.9. The van der Waals surface area contributed by atoms with Crippen molar-refractivity contribution in [1.82, 2.24) is 9.97 Å². The van der Waals surface area contributed by atoms with Crippen LogP contribution in [0.1, 0.15) is 19.3 Å². The second kappa shape index (κ2) is 7.43. The lowest BCUT2D eigenvalue weighted by Gasteiger charge is -2.27. The molecule has 0 aliphatic carbocycles. The molecule has 1 aromatic heterocycles. The average molecular weight is 365 g/mol. The van der Waals surface area contributed by atoms with Crippen LogP contribution in [-0.2, 0) is 0 Å². The third kappa shape index (κ3) is 3.36. The number of nitrogens with zero attached hydrogens (tertiary/aromatic N) is 3. The molecule has 28 heavy (non-hydrogen) atoms. The highest BCUT2D eigenvalue weighted by Gasteiger charge is 2.13. The molecule has 1 fully saturated rings. The molecule has 0 atom stereocenters. The molecule has 1 aliphatic rings. The highest BCUT2D eigenvalue weighted by Crippen LogP contribution is 2.28. The van der Waals surface area contributed by atoms with Crippen LogP contribution < -0.4 is 4.90 Å². The largest absolute Gasteiger partial charge is 0.355 e. The summed E-state index contributed by atoms with van der Waals surface area (Å²) in [4.78, 5) is 11.9. The van der Waals surface area contributed by atoms with E-state index in [4.69, 9.17) is 4.98 Å². The number of aromatic nitrogens is 2. The van der Waals surface area contributed by atoms with E-state index in [0.717, 1.165) is 29.9 Å². The van der Waals surface area contributed by atoms with Gasteiger partial charge in [-0.25, -0.2) is 4.98 Å². The van der Waals surface area contributed by atoms with Crippen LogP contribution >= 0.6 is 0 Å². The van der Waals surface area contributed by atoms with Gasteiger partial charge in [-0.15, -0.1) is 0 Å². The molecule has 0 bridgehead atoms. The fraction of sp³-hybridized carbons (Fsp3) is 0.200. The van der Waals surface area contributed by atoms with E-state index in [0.29, 0.717) is 0 Å². The molecule has 138 valence electrons. The van der Waals surface area contributed by atoms with Gasteiger partial charge < -0.3 is 4.90 Å². The smallest absolute Gasteiger partial charge is 0.147 e. The average Bonchev–Trinajstić information content (AvgIpc) is 2.79. The molecule has 0 amide bonds. The fourth-order valence-corrected chi connectivity index (χ4v) is 3.97. The van der Waals surface area contributed by atoms with Crippen molar-refractivity contribution >= 4 is 16.9 Å². The number of hydrogen-bond donors (Lipinski definition) is 0. The second-order valence-electron chi connectivity index (χ2n) is 7.43. The summed E-state index contributed by atoms with van der Waals surface area (Å²) in [6.07, 6.45) is 5.72. The van der Waals surface area contributed by atoms with Crippen molar-refractivity contribution in [3.63, 3.8) is 0 Å². The van der Waals surface area contributed by atoms with E-state index < -0.39 is 0 Å². The van der Waals surface area contributed by atoms with Gasteiger partial charge in [0.1, 0.15) is 5.82 Å².